The summed E-state index contributed by atoms with van der Waals surface area (Å²) in [6, 6.07) is 2.36. The number of hydrogen-bond acceptors (Lipinski definition) is 3. The van der Waals surface area contributed by atoms with Crippen LogP contribution in [-0.2, 0) is 0 Å². The van der Waals surface area contributed by atoms with Crippen LogP contribution in [0.15, 0.2) is 18.3 Å². The van der Waals surface area contributed by atoms with Gasteiger partial charge in [0.15, 0.2) is 0 Å². The van der Waals surface area contributed by atoms with Crippen LogP contribution in [0, 0.1) is 0 Å². The summed E-state index contributed by atoms with van der Waals surface area (Å²) in [5.74, 6) is -1.10. The number of aromatic carboxylic acids is 1. The molecule has 0 bridgehead atoms. The van der Waals surface area contributed by atoms with Crippen molar-refractivity contribution in [2.45, 2.75) is 19.9 Å². The van der Waals surface area contributed by atoms with Gasteiger partial charge in [-0.15, -0.1) is 0 Å². The van der Waals surface area contributed by atoms with Gasteiger partial charge in [-0.2, -0.15) is 0 Å². The monoisotopic (exact) mass is 223 g/mol. The maximum absolute atomic E-state index is 11.3. The van der Waals surface area contributed by atoms with Crippen LogP contribution in [0.1, 0.15) is 24.2 Å². The molecule has 0 aliphatic rings. The SMILES string of the molecule is CC(C)NC(=O)Nc1ncccc1C(=O)O. The lowest BCUT2D eigenvalue weighted by Gasteiger charge is -2.10. The number of carbonyl (C=O) groups is 2. The Labute approximate surface area is 92.7 Å². The number of pyridine rings is 1. The third kappa shape index (κ3) is 3.23. The van der Waals surface area contributed by atoms with Crippen LogP contribution in [0.2, 0.25) is 0 Å². The minimum atomic E-state index is -1.13. The predicted molar refractivity (Wildman–Crippen MR) is 58.5 cm³/mol. The maximum atomic E-state index is 11.3. The summed E-state index contributed by atoms with van der Waals surface area (Å²) in [5, 5.41) is 13.8. The van der Waals surface area contributed by atoms with Crippen molar-refractivity contribution in [3.63, 3.8) is 0 Å². The topological polar surface area (TPSA) is 91.3 Å². The van der Waals surface area contributed by atoms with E-state index in [9.17, 15) is 9.59 Å². The first-order valence-corrected chi connectivity index (χ1v) is 4.76. The first-order chi connectivity index (χ1) is 7.50. The summed E-state index contributed by atoms with van der Waals surface area (Å²) in [7, 11) is 0. The van der Waals surface area contributed by atoms with Crippen LogP contribution in [0.25, 0.3) is 0 Å². The number of hydrogen-bond donors (Lipinski definition) is 3. The first-order valence-electron chi connectivity index (χ1n) is 4.76. The molecule has 0 saturated carbocycles. The van der Waals surface area contributed by atoms with E-state index in [1.54, 1.807) is 13.8 Å². The fourth-order valence-electron chi connectivity index (χ4n) is 1.08. The lowest BCUT2D eigenvalue weighted by atomic mass is 10.2. The molecular weight excluding hydrogens is 210 g/mol. The molecule has 1 aromatic rings. The standard InChI is InChI=1S/C10H13N3O3/c1-6(2)12-10(16)13-8-7(9(14)15)4-3-5-11-8/h3-6H,1-2H3,(H,14,15)(H2,11,12,13,16). The van der Waals surface area contributed by atoms with Crippen molar-refractivity contribution in [3.05, 3.63) is 23.9 Å². The van der Waals surface area contributed by atoms with Gasteiger partial charge in [-0.1, -0.05) is 0 Å². The molecule has 1 rings (SSSR count). The van der Waals surface area contributed by atoms with Gasteiger partial charge < -0.3 is 10.4 Å². The fraction of sp³-hybridized carbons (Fsp3) is 0.300. The number of carbonyl (C=O) groups excluding carboxylic acids is 1. The Kier molecular flexibility index (Phi) is 3.82. The average molecular weight is 223 g/mol. The van der Waals surface area contributed by atoms with Gasteiger partial charge in [0, 0.05) is 12.2 Å². The van der Waals surface area contributed by atoms with E-state index < -0.39 is 12.0 Å². The Hall–Kier alpha value is -2.11. The Balaban J connectivity index is 2.81. The molecule has 3 N–H and O–H groups in total. The molecule has 86 valence electrons. The molecule has 0 saturated heterocycles. The predicted octanol–water partition coefficient (Wildman–Crippen LogP) is 1.31. The lowest BCUT2D eigenvalue weighted by molar-refractivity contribution is 0.0697. The van der Waals surface area contributed by atoms with E-state index in [1.165, 1.54) is 18.3 Å². The molecule has 0 atom stereocenters. The highest BCUT2D eigenvalue weighted by Gasteiger charge is 2.13. The summed E-state index contributed by atoms with van der Waals surface area (Å²) in [6.45, 7) is 3.60. The second kappa shape index (κ2) is 5.11. The molecular formula is C10H13N3O3. The zero-order chi connectivity index (χ0) is 12.1. The number of carboxylic acids is 1. The minimum Gasteiger partial charge on any atom is -0.478 e. The van der Waals surface area contributed by atoms with Crippen molar-refractivity contribution in [1.29, 1.82) is 0 Å². The molecule has 1 heterocycles. The Morgan fingerprint density at radius 1 is 1.44 bits per heavy atom. The van der Waals surface area contributed by atoms with Gasteiger partial charge in [-0.05, 0) is 26.0 Å². The zero-order valence-electron chi connectivity index (χ0n) is 9.02. The number of nitrogens with zero attached hydrogens (tertiary/aromatic N) is 1. The molecule has 0 unspecified atom stereocenters. The average Bonchev–Trinajstić information content (AvgIpc) is 2.16. The van der Waals surface area contributed by atoms with Crippen molar-refractivity contribution in [2.75, 3.05) is 5.32 Å². The number of urea groups is 1. The molecule has 2 amide bonds. The van der Waals surface area contributed by atoms with E-state index in [4.69, 9.17) is 5.11 Å². The highest BCUT2D eigenvalue weighted by atomic mass is 16.4. The Morgan fingerprint density at radius 3 is 2.69 bits per heavy atom. The quantitative estimate of drug-likeness (QED) is 0.720. The van der Waals surface area contributed by atoms with Gasteiger partial charge in [-0.3, -0.25) is 5.32 Å². The van der Waals surface area contributed by atoms with Crippen molar-refractivity contribution < 1.29 is 14.7 Å². The second-order valence-corrected chi connectivity index (χ2v) is 3.46. The van der Waals surface area contributed by atoms with E-state index in [2.05, 4.69) is 15.6 Å². The summed E-state index contributed by atoms with van der Waals surface area (Å²) in [4.78, 5) is 26.0. The molecule has 0 fully saturated rings. The number of amides is 2. The van der Waals surface area contributed by atoms with Gasteiger partial charge in [-0.25, -0.2) is 14.6 Å². The highest BCUT2D eigenvalue weighted by molar-refractivity contribution is 5.98. The van der Waals surface area contributed by atoms with Gasteiger partial charge in [0.25, 0.3) is 0 Å². The Morgan fingerprint density at radius 2 is 2.12 bits per heavy atom. The minimum absolute atomic E-state index is 0.0306. The fourth-order valence-corrected chi connectivity index (χ4v) is 1.08. The Bertz CT molecular complexity index is 404. The van der Waals surface area contributed by atoms with Gasteiger partial charge in [0.2, 0.25) is 0 Å². The molecule has 1 aromatic heterocycles. The van der Waals surface area contributed by atoms with Gasteiger partial charge in [0.1, 0.15) is 11.4 Å². The van der Waals surface area contributed by atoms with Crippen molar-refractivity contribution in [2.24, 2.45) is 0 Å². The molecule has 0 aliphatic carbocycles. The van der Waals surface area contributed by atoms with Crippen LogP contribution in [0.3, 0.4) is 0 Å². The lowest BCUT2D eigenvalue weighted by Crippen LogP contribution is -2.34. The summed E-state index contributed by atoms with van der Waals surface area (Å²) in [6.07, 6.45) is 1.41. The van der Waals surface area contributed by atoms with E-state index in [0.717, 1.165) is 0 Å². The van der Waals surface area contributed by atoms with Crippen molar-refractivity contribution in [3.8, 4) is 0 Å². The van der Waals surface area contributed by atoms with E-state index >= 15 is 0 Å². The third-order valence-corrected chi connectivity index (χ3v) is 1.69. The molecule has 0 aromatic carbocycles. The van der Waals surface area contributed by atoms with E-state index in [-0.39, 0.29) is 17.4 Å². The number of nitrogens with one attached hydrogen (secondary N) is 2. The van der Waals surface area contributed by atoms with Crippen LogP contribution in [-0.4, -0.2) is 28.1 Å². The second-order valence-electron chi connectivity index (χ2n) is 3.46. The number of carboxylic acid groups (broad SMARTS) is 1. The smallest absolute Gasteiger partial charge is 0.339 e. The molecule has 6 nitrogen and oxygen atoms in total. The van der Waals surface area contributed by atoms with Crippen LogP contribution < -0.4 is 10.6 Å². The molecule has 0 aliphatic heterocycles. The first kappa shape index (κ1) is 12.0. The van der Waals surface area contributed by atoms with Crippen molar-refractivity contribution in [1.82, 2.24) is 10.3 Å². The van der Waals surface area contributed by atoms with Crippen molar-refractivity contribution >= 4 is 17.8 Å². The van der Waals surface area contributed by atoms with Crippen LogP contribution in [0.4, 0.5) is 10.6 Å². The maximum Gasteiger partial charge on any atom is 0.339 e. The number of anilines is 1. The largest absolute Gasteiger partial charge is 0.478 e. The molecule has 0 spiro atoms. The normalized spacial score (nSPS) is 9.94. The number of aromatic nitrogens is 1. The molecule has 0 radical (unpaired) electrons. The number of rotatable bonds is 3. The van der Waals surface area contributed by atoms with Gasteiger partial charge in [0.05, 0.1) is 0 Å². The summed E-state index contributed by atoms with van der Waals surface area (Å²) in [5.41, 5.74) is -0.0404. The van der Waals surface area contributed by atoms with Gasteiger partial charge >= 0.3 is 12.0 Å². The molecule has 6 heteroatoms. The molecule has 16 heavy (non-hydrogen) atoms. The van der Waals surface area contributed by atoms with Crippen LogP contribution >= 0.6 is 0 Å². The zero-order valence-corrected chi connectivity index (χ0v) is 9.02. The van der Waals surface area contributed by atoms with E-state index in [0.29, 0.717) is 0 Å². The summed E-state index contributed by atoms with van der Waals surface area (Å²) >= 11 is 0. The summed E-state index contributed by atoms with van der Waals surface area (Å²) < 4.78 is 0. The highest BCUT2D eigenvalue weighted by Crippen LogP contribution is 2.10. The van der Waals surface area contributed by atoms with Crippen LogP contribution in [0.5, 0.6) is 0 Å². The third-order valence-electron chi connectivity index (χ3n) is 1.69. The van der Waals surface area contributed by atoms with E-state index in [1.807, 2.05) is 0 Å².